The topological polar surface area (TPSA) is 37.4 Å². The van der Waals surface area contributed by atoms with Crippen LogP contribution in [0, 0.1) is 0 Å². The summed E-state index contributed by atoms with van der Waals surface area (Å²) >= 11 is 0. The first-order valence-corrected chi connectivity index (χ1v) is 6.70. The van der Waals surface area contributed by atoms with Crippen LogP contribution in [-0.4, -0.2) is 43.9 Å². The average Bonchev–Trinajstić information content (AvgIpc) is 2.41. The van der Waals surface area contributed by atoms with Gasteiger partial charge in [-0.3, -0.25) is 0 Å². The molecule has 1 saturated heterocycles. The SMILES string of the molecule is COCC(C)NC1CCN(c2ccccn2)CC1. The minimum atomic E-state index is 0.432. The lowest BCUT2D eigenvalue weighted by atomic mass is 10.0. The molecule has 4 heteroatoms. The van der Waals surface area contributed by atoms with E-state index >= 15 is 0 Å². The fraction of sp³-hybridized carbons (Fsp3) is 0.643. The van der Waals surface area contributed by atoms with Gasteiger partial charge in [0.05, 0.1) is 6.61 Å². The Morgan fingerprint density at radius 1 is 1.44 bits per heavy atom. The molecule has 4 nitrogen and oxygen atoms in total. The number of hydrogen-bond donors (Lipinski definition) is 1. The van der Waals surface area contributed by atoms with Crippen LogP contribution in [0.25, 0.3) is 0 Å². The van der Waals surface area contributed by atoms with Gasteiger partial charge in [-0.25, -0.2) is 4.98 Å². The largest absolute Gasteiger partial charge is 0.383 e. The van der Waals surface area contributed by atoms with Gasteiger partial charge in [0.25, 0.3) is 0 Å². The minimum absolute atomic E-state index is 0.432. The maximum absolute atomic E-state index is 5.15. The van der Waals surface area contributed by atoms with E-state index in [1.807, 2.05) is 18.3 Å². The Balaban J connectivity index is 1.78. The molecule has 2 rings (SSSR count). The molecular formula is C14H23N3O. The lowest BCUT2D eigenvalue weighted by molar-refractivity contribution is 0.163. The fourth-order valence-corrected chi connectivity index (χ4v) is 2.52. The summed E-state index contributed by atoms with van der Waals surface area (Å²) in [6.07, 6.45) is 4.20. The first-order valence-electron chi connectivity index (χ1n) is 6.70. The molecule has 1 atom stereocenters. The molecule has 100 valence electrons. The van der Waals surface area contributed by atoms with Gasteiger partial charge in [-0.2, -0.15) is 0 Å². The zero-order valence-electron chi connectivity index (χ0n) is 11.3. The third kappa shape index (κ3) is 3.68. The highest BCUT2D eigenvalue weighted by atomic mass is 16.5. The van der Waals surface area contributed by atoms with Gasteiger partial charge in [-0.05, 0) is 31.9 Å². The molecule has 0 saturated carbocycles. The molecule has 2 heterocycles. The molecule has 18 heavy (non-hydrogen) atoms. The van der Waals surface area contributed by atoms with Crippen LogP contribution in [0.5, 0.6) is 0 Å². The van der Waals surface area contributed by atoms with Gasteiger partial charge in [0.15, 0.2) is 0 Å². The lowest BCUT2D eigenvalue weighted by Gasteiger charge is -2.34. The van der Waals surface area contributed by atoms with E-state index in [4.69, 9.17) is 4.74 Å². The van der Waals surface area contributed by atoms with Crippen LogP contribution >= 0.6 is 0 Å². The molecule has 0 amide bonds. The standard InChI is InChI=1S/C14H23N3O/c1-12(11-18-2)16-13-6-9-17(10-7-13)14-5-3-4-8-15-14/h3-5,8,12-13,16H,6-7,9-11H2,1-2H3. The third-order valence-corrected chi connectivity index (χ3v) is 3.41. The van der Waals surface area contributed by atoms with Crippen LogP contribution in [0.2, 0.25) is 0 Å². The first-order chi connectivity index (χ1) is 8.79. The van der Waals surface area contributed by atoms with Gasteiger partial charge in [0, 0.05) is 38.5 Å². The van der Waals surface area contributed by atoms with Crippen LogP contribution in [0.15, 0.2) is 24.4 Å². The van der Waals surface area contributed by atoms with Crippen molar-refractivity contribution < 1.29 is 4.74 Å². The van der Waals surface area contributed by atoms with Crippen molar-refractivity contribution in [3.63, 3.8) is 0 Å². The van der Waals surface area contributed by atoms with Gasteiger partial charge < -0.3 is 15.0 Å². The molecule has 1 aromatic heterocycles. The number of hydrogen-bond acceptors (Lipinski definition) is 4. The summed E-state index contributed by atoms with van der Waals surface area (Å²) in [5, 5.41) is 3.62. The van der Waals surface area contributed by atoms with Gasteiger partial charge in [0.2, 0.25) is 0 Å². The maximum atomic E-state index is 5.15. The fourth-order valence-electron chi connectivity index (χ4n) is 2.52. The van der Waals surface area contributed by atoms with Crippen LogP contribution in [0.1, 0.15) is 19.8 Å². The molecule has 1 aliphatic rings. The first kappa shape index (κ1) is 13.3. The van der Waals surface area contributed by atoms with Crippen molar-refractivity contribution in [2.75, 3.05) is 31.7 Å². The van der Waals surface area contributed by atoms with E-state index in [1.165, 1.54) is 12.8 Å². The molecule has 1 aromatic rings. The highest BCUT2D eigenvalue weighted by Crippen LogP contribution is 2.17. The Kier molecular flexibility index (Phi) is 4.96. The Morgan fingerprint density at radius 2 is 2.22 bits per heavy atom. The minimum Gasteiger partial charge on any atom is -0.383 e. The third-order valence-electron chi connectivity index (χ3n) is 3.41. The predicted molar refractivity (Wildman–Crippen MR) is 73.9 cm³/mol. The van der Waals surface area contributed by atoms with E-state index in [1.54, 1.807) is 7.11 Å². The van der Waals surface area contributed by atoms with Crippen LogP contribution < -0.4 is 10.2 Å². The zero-order valence-corrected chi connectivity index (χ0v) is 11.3. The summed E-state index contributed by atoms with van der Waals surface area (Å²) < 4.78 is 5.15. The molecule has 0 radical (unpaired) electrons. The van der Waals surface area contributed by atoms with E-state index in [0.29, 0.717) is 12.1 Å². The maximum Gasteiger partial charge on any atom is 0.128 e. The van der Waals surface area contributed by atoms with Crippen molar-refractivity contribution in [2.24, 2.45) is 0 Å². The van der Waals surface area contributed by atoms with Crippen LogP contribution in [0.4, 0.5) is 5.82 Å². The van der Waals surface area contributed by atoms with E-state index in [2.05, 4.69) is 28.2 Å². The van der Waals surface area contributed by atoms with Crippen molar-refractivity contribution >= 4 is 5.82 Å². The van der Waals surface area contributed by atoms with Crippen molar-refractivity contribution in [3.8, 4) is 0 Å². The molecule has 1 N–H and O–H groups in total. The number of piperidine rings is 1. The molecule has 0 bridgehead atoms. The number of anilines is 1. The van der Waals surface area contributed by atoms with E-state index < -0.39 is 0 Å². The average molecular weight is 249 g/mol. The predicted octanol–water partition coefficient (Wildman–Crippen LogP) is 1.67. The van der Waals surface area contributed by atoms with Crippen molar-refractivity contribution in [1.29, 1.82) is 0 Å². The zero-order chi connectivity index (χ0) is 12.8. The summed E-state index contributed by atoms with van der Waals surface area (Å²) in [6.45, 7) is 5.11. The Bertz CT molecular complexity index is 336. The van der Waals surface area contributed by atoms with Crippen LogP contribution in [0.3, 0.4) is 0 Å². The second-order valence-corrected chi connectivity index (χ2v) is 4.97. The molecule has 0 aliphatic carbocycles. The highest BCUT2D eigenvalue weighted by molar-refractivity contribution is 5.38. The molecular weight excluding hydrogens is 226 g/mol. The number of nitrogens with zero attached hydrogens (tertiary/aromatic N) is 2. The second-order valence-electron chi connectivity index (χ2n) is 4.97. The normalized spacial score (nSPS) is 18.9. The number of rotatable bonds is 5. The Morgan fingerprint density at radius 3 is 2.83 bits per heavy atom. The molecule has 0 aromatic carbocycles. The quantitative estimate of drug-likeness (QED) is 0.861. The smallest absolute Gasteiger partial charge is 0.128 e. The van der Waals surface area contributed by atoms with Gasteiger partial charge in [0.1, 0.15) is 5.82 Å². The second kappa shape index (κ2) is 6.71. The van der Waals surface area contributed by atoms with Gasteiger partial charge in [-0.1, -0.05) is 6.07 Å². The molecule has 1 fully saturated rings. The van der Waals surface area contributed by atoms with Gasteiger partial charge >= 0.3 is 0 Å². The van der Waals surface area contributed by atoms with Crippen LogP contribution in [-0.2, 0) is 4.74 Å². The number of aromatic nitrogens is 1. The number of nitrogens with one attached hydrogen (secondary N) is 1. The Hall–Kier alpha value is -1.13. The van der Waals surface area contributed by atoms with E-state index in [9.17, 15) is 0 Å². The van der Waals surface area contributed by atoms with Crippen molar-refractivity contribution in [3.05, 3.63) is 24.4 Å². The molecule has 1 aliphatic heterocycles. The summed E-state index contributed by atoms with van der Waals surface area (Å²) in [4.78, 5) is 6.76. The Labute approximate surface area is 109 Å². The van der Waals surface area contributed by atoms with Crippen molar-refractivity contribution in [2.45, 2.75) is 31.8 Å². The lowest BCUT2D eigenvalue weighted by Crippen LogP contribution is -2.46. The summed E-state index contributed by atoms with van der Waals surface area (Å²) in [5.74, 6) is 1.10. The number of methoxy groups -OCH3 is 1. The molecule has 1 unspecified atom stereocenters. The highest BCUT2D eigenvalue weighted by Gasteiger charge is 2.20. The van der Waals surface area contributed by atoms with Gasteiger partial charge in [-0.15, -0.1) is 0 Å². The summed E-state index contributed by atoms with van der Waals surface area (Å²) in [7, 11) is 1.75. The van der Waals surface area contributed by atoms with E-state index in [-0.39, 0.29) is 0 Å². The van der Waals surface area contributed by atoms with Crippen molar-refractivity contribution in [1.82, 2.24) is 10.3 Å². The summed E-state index contributed by atoms with van der Waals surface area (Å²) in [5.41, 5.74) is 0. The van der Waals surface area contributed by atoms with E-state index in [0.717, 1.165) is 25.5 Å². The molecule has 0 spiro atoms. The number of pyridine rings is 1. The number of ether oxygens (including phenoxy) is 1. The monoisotopic (exact) mass is 249 g/mol. The summed E-state index contributed by atoms with van der Waals surface area (Å²) in [6, 6.07) is 7.13.